The fraction of sp³-hybridized carbons (Fsp3) is 1.00. The highest BCUT2D eigenvalue weighted by atomic mass is 16.8. The van der Waals surface area contributed by atoms with Gasteiger partial charge in [-0.1, -0.05) is 27.7 Å². The third-order valence-electron chi connectivity index (χ3n) is 20.2. The van der Waals surface area contributed by atoms with Crippen LogP contribution in [-0.4, -0.2) is 260 Å². The third kappa shape index (κ3) is 12.7. The first-order valence-electron chi connectivity index (χ1n) is 28.6. The molecule has 8 aliphatic rings. The molecular formula is C54H94O24. The van der Waals surface area contributed by atoms with Gasteiger partial charge in [0.05, 0.1) is 52.4 Å². The van der Waals surface area contributed by atoms with Crippen LogP contribution in [0.2, 0.25) is 0 Å². The Labute approximate surface area is 456 Å². The highest BCUT2D eigenvalue weighted by Gasteiger charge is 2.61. The van der Waals surface area contributed by atoms with Crippen LogP contribution in [0.1, 0.15) is 98.3 Å². The first-order valence-corrected chi connectivity index (χ1v) is 28.6. The summed E-state index contributed by atoms with van der Waals surface area (Å²) in [5, 5.41) is 148. The quantitative estimate of drug-likeness (QED) is 0.0494. The third-order valence-corrected chi connectivity index (χ3v) is 20.2. The van der Waals surface area contributed by atoms with Crippen LogP contribution < -0.4 is 0 Å². The Morgan fingerprint density at radius 2 is 1.00 bits per heavy atom. The second-order valence-corrected chi connectivity index (χ2v) is 25.1. The zero-order valence-corrected chi connectivity index (χ0v) is 45.9. The van der Waals surface area contributed by atoms with Crippen molar-refractivity contribution >= 4 is 0 Å². The number of aliphatic hydroxyl groups is 14. The molecule has 4 heterocycles. The molecule has 78 heavy (non-hydrogen) atoms. The summed E-state index contributed by atoms with van der Waals surface area (Å²) in [5.74, 6) is 4.04. The van der Waals surface area contributed by atoms with Gasteiger partial charge in [-0.3, -0.25) is 0 Å². The highest BCUT2D eigenvalue weighted by molar-refractivity contribution is 5.10. The Hall–Kier alpha value is -0.960. The van der Waals surface area contributed by atoms with Gasteiger partial charge in [-0.2, -0.15) is 0 Å². The lowest BCUT2D eigenvalue weighted by atomic mass is 9.44. The van der Waals surface area contributed by atoms with Crippen molar-refractivity contribution in [3.8, 4) is 0 Å². The summed E-state index contributed by atoms with van der Waals surface area (Å²) in [4.78, 5) is 0. The van der Waals surface area contributed by atoms with E-state index in [4.69, 9.17) is 47.4 Å². The molecule has 30 atom stereocenters. The summed E-state index contributed by atoms with van der Waals surface area (Å²) < 4.78 is 58.5. The van der Waals surface area contributed by atoms with Crippen LogP contribution in [-0.2, 0) is 47.4 Å². The van der Waals surface area contributed by atoms with Crippen LogP contribution in [0.4, 0.5) is 0 Å². The molecule has 8 rings (SSSR count). The van der Waals surface area contributed by atoms with E-state index in [0.29, 0.717) is 30.0 Å². The predicted molar refractivity (Wildman–Crippen MR) is 268 cm³/mol. The Morgan fingerprint density at radius 1 is 0.526 bits per heavy atom. The molecule has 0 spiro atoms. The summed E-state index contributed by atoms with van der Waals surface area (Å²) in [5.41, 5.74) is -0.504. The molecular weight excluding hydrogens is 1030 g/mol. The number of rotatable bonds is 22. The largest absolute Gasteiger partial charge is 0.394 e. The van der Waals surface area contributed by atoms with Gasteiger partial charge in [-0.05, 0) is 117 Å². The number of hydrogen-bond donors (Lipinski definition) is 14. The summed E-state index contributed by atoms with van der Waals surface area (Å²) in [7, 11) is 1.86. The van der Waals surface area contributed by atoms with Crippen molar-refractivity contribution in [2.45, 2.75) is 227 Å². The van der Waals surface area contributed by atoms with Gasteiger partial charge in [0.1, 0.15) is 97.7 Å². The maximum absolute atomic E-state index is 11.3. The Balaban J connectivity index is 0.898. The Kier molecular flexibility index (Phi) is 21.5. The minimum absolute atomic E-state index is 0.0339. The van der Waals surface area contributed by atoms with Crippen LogP contribution in [0.15, 0.2) is 0 Å². The van der Waals surface area contributed by atoms with Crippen LogP contribution >= 0.6 is 0 Å². The number of aliphatic hydroxyl groups excluding tert-OH is 14. The van der Waals surface area contributed by atoms with Crippen molar-refractivity contribution in [2.24, 2.45) is 51.8 Å². The second kappa shape index (κ2) is 26.5. The number of methoxy groups -OCH3 is 1. The molecule has 0 amide bonds. The average molecular weight is 1130 g/mol. The number of hydrogen-bond acceptors (Lipinski definition) is 24. The molecule has 4 saturated heterocycles. The molecule has 4 aliphatic carbocycles. The van der Waals surface area contributed by atoms with Crippen molar-refractivity contribution in [3.05, 3.63) is 0 Å². The van der Waals surface area contributed by atoms with E-state index < -0.39 is 155 Å². The van der Waals surface area contributed by atoms with Crippen LogP contribution in [0.25, 0.3) is 0 Å². The van der Waals surface area contributed by atoms with Gasteiger partial charge in [0.25, 0.3) is 0 Å². The maximum atomic E-state index is 11.3. The Bertz CT molecular complexity index is 1780. The van der Waals surface area contributed by atoms with E-state index in [9.17, 15) is 71.5 Å². The summed E-state index contributed by atoms with van der Waals surface area (Å²) in [6, 6.07) is 0. The minimum Gasteiger partial charge on any atom is -0.394 e. The standard InChI is InChI=1S/C54H94O24/c1-25(29-10-11-30-28-9-8-26-17-27(69-5)12-14-53(26,3)31(28)13-15-54(29,30)4)7-6-16-70-22-52(2,23-71-48-44(67)40(63)46(34(20-57)75-48)77-50-42(65)38(61)36(59)32(18-55)73-50)24-72-49-45(68)41(64)47(35(21-58)76-49)78-51-43(66)39(62)37(60)33(19-56)74-51/h25-51,55-68H,6-24H2,1-5H3/t25-,26-,27-,28+,29-,30+,31+,32?,33?,34?,35?,36-,37-,38+,39+,40-,41-,42?,43?,44?,45?,46-,47?,48-,49-,50-,51?,52?,53+,54-/m1/s1. The fourth-order valence-electron chi connectivity index (χ4n) is 15.5. The van der Waals surface area contributed by atoms with E-state index in [-0.39, 0.29) is 25.2 Å². The topological polar surface area (TPSA) is 376 Å². The molecule has 0 bridgehead atoms. The summed E-state index contributed by atoms with van der Waals surface area (Å²) in [6.45, 7) is 5.81. The average Bonchev–Trinajstić information content (AvgIpc) is 3.98. The Morgan fingerprint density at radius 3 is 1.50 bits per heavy atom. The highest BCUT2D eigenvalue weighted by Crippen LogP contribution is 2.68. The SMILES string of the molecule is CO[C@@H]1CC[C@@]2(C)[C@H](CC[C@@H]3[C@@H]2CC[C@]2(C)[C@@H]([C@H](C)CCCOCC(C)(CO[C@@H]4OC(CO)C(OC5OC(CO)[C@@H](O)[C@H](O)C5O)[C@H](O)C4O)CO[C@@H]4OC(CO)[C@@H](O[C@H]5OC(CO)[C@@H](O)[C@H](O)C5O)[C@H](O)C4O)CC[C@@H]32)C1. The van der Waals surface area contributed by atoms with E-state index in [1.54, 1.807) is 6.92 Å². The zero-order chi connectivity index (χ0) is 56.6. The molecule has 0 radical (unpaired) electrons. The monoisotopic (exact) mass is 1130 g/mol. The van der Waals surface area contributed by atoms with Gasteiger partial charge in [0.2, 0.25) is 0 Å². The molecule has 454 valence electrons. The molecule has 8 fully saturated rings. The van der Waals surface area contributed by atoms with Gasteiger partial charge in [-0.25, -0.2) is 0 Å². The normalized spacial score (nSPS) is 50.0. The van der Waals surface area contributed by atoms with Crippen molar-refractivity contribution in [1.82, 2.24) is 0 Å². The van der Waals surface area contributed by atoms with Crippen LogP contribution in [0.5, 0.6) is 0 Å². The van der Waals surface area contributed by atoms with E-state index in [0.717, 1.165) is 42.9 Å². The first kappa shape index (κ1) is 63.1. The molecule has 4 saturated carbocycles. The molecule has 11 unspecified atom stereocenters. The molecule has 4 aliphatic heterocycles. The molecule has 24 nitrogen and oxygen atoms in total. The fourth-order valence-corrected chi connectivity index (χ4v) is 15.5. The van der Waals surface area contributed by atoms with E-state index in [1.807, 2.05) is 7.11 Å². The van der Waals surface area contributed by atoms with Gasteiger partial charge in [-0.15, -0.1) is 0 Å². The van der Waals surface area contributed by atoms with Crippen molar-refractivity contribution in [3.63, 3.8) is 0 Å². The van der Waals surface area contributed by atoms with Crippen LogP contribution in [0.3, 0.4) is 0 Å². The lowest BCUT2D eigenvalue weighted by Gasteiger charge is -2.61. The molecule has 24 heteroatoms. The zero-order valence-electron chi connectivity index (χ0n) is 45.9. The lowest BCUT2D eigenvalue weighted by Crippen LogP contribution is -2.65. The summed E-state index contributed by atoms with van der Waals surface area (Å²) >= 11 is 0. The van der Waals surface area contributed by atoms with E-state index in [2.05, 4.69) is 20.8 Å². The molecule has 0 aromatic carbocycles. The minimum atomic E-state index is -1.86. The number of ether oxygens (including phenoxy) is 10. The predicted octanol–water partition coefficient (Wildman–Crippen LogP) is -2.62. The molecule has 0 aromatic heterocycles. The van der Waals surface area contributed by atoms with E-state index >= 15 is 0 Å². The smallest absolute Gasteiger partial charge is 0.187 e. The van der Waals surface area contributed by atoms with Gasteiger partial charge >= 0.3 is 0 Å². The van der Waals surface area contributed by atoms with Crippen LogP contribution in [0, 0.1) is 51.8 Å². The summed E-state index contributed by atoms with van der Waals surface area (Å²) in [6.07, 6.45) is -20.2. The maximum Gasteiger partial charge on any atom is 0.187 e. The van der Waals surface area contributed by atoms with Gasteiger partial charge < -0.3 is 119 Å². The van der Waals surface area contributed by atoms with Crippen molar-refractivity contribution in [2.75, 3.05) is 60.0 Å². The second-order valence-electron chi connectivity index (χ2n) is 25.1. The van der Waals surface area contributed by atoms with Crippen molar-refractivity contribution in [1.29, 1.82) is 0 Å². The van der Waals surface area contributed by atoms with Gasteiger partial charge in [0.15, 0.2) is 25.2 Å². The molecule has 14 N–H and O–H groups in total. The number of fused-ring (bicyclic) bond motifs is 5. The lowest BCUT2D eigenvalue weighted by molar-refractivity contribution is -0.365. The van der Waals surface area contributed by atoms with E-state index in [1.165, 1.54) is 51.4 Å². The van der Waals surface area contributed by atoms with Crippen molar-refractivity contribution < 1.29 is 119 Å². The first-order chi connectivity index (χ1) is 37.1. The molecule has 0 aromatic rings. The van der Waals surface area contributed by atoms with Gasteiger partial charge in [0, 0.05) is 19.1 Å².